The Kier molecular flexibility index (Phi) is 4.38. The lowest BCUT2D eigenvalue weighted by Crippen LogP contribution is -2.52. The van der Waals surface area contributed by atoms with Crippen molar-refractivity contribution >= 4 is 29.2 Å². The molecule has 2 aliphatic rings. The van der Waals surface area contributed by atoms with E-state index in [9.17, 15) is 14.4 Å². The van der Waals surface area contributed by atoms with Gasteiger partial charge in [-0.05, 0) is 30.7 Å². The molecule has 3 amide bonds. The van der Waals surface area contributed by atoms with Gasteiger partial charge in [-0.15, -0.1) is 0 Å². The minimum atomic E-state index is -0.825. The van der Waals surface area contributed by atoms with Crippen LogP contribution >= 0.6 is 0 Å². The first kappa shape index (κ1) is 17.8. The number of rotatable bonds is 4. The predicted octanol–water partition coefficient (Wildman–Crippen LogP) is 0.867. The van der Waals surface area contributed by atoms with Gasteiger partial charge in [0.2, 0.25) is 0 Å². The molecule has 0 radical (unpaired) electrons. The summed E-state index contributed by atoms with van der Waals surface area (Å²) in [6, 6.07) is 9.38. The SMILES string of the molecule is Cc1ccc(N2CCN3C(=O)C(=O)[N+](CC(=O)Nc4cc(C)on4)=NC32)cc1. The maximum atomic E-state index is 12.5. The van der Waals surface area contributed by atoms with Crippen LogP contribution in [0.3, 0.4) is 0 Å². The standard InChI is InChI=1S/C18H18N6O4/c1-11-3-5-13(6-4-11)22-7-8-23-16(26)17(27)24(20-18(22)23)10-15(25)19-14-9-12(2)28-21-14/h3-6,9,18H,7-8,10H2,1-2H3/p+1. The van der Waals surface area contributed by atoms with Gasteiger partial charge in [0, 0.05) is 30.0 Å². The van der Waals surface area contributed by atoms with Crippen LogP contribution in [0.2, 0.25) is 0 Å². The minimum Gasteiger partial charge on any atom is -0.360 e. The molecule has 1 fully saturated rings. The van der Waals surface area contributed by atoms with E-state index < -0.39 is 24.0 Å². The predicted molar refractivity (Wildman–Crippen MR) is 96.5 cm³/mol. The third-order valence-electron chi connectivity index (χ3n) is 4.61. The molecule has 1 aromatic carbocycles. The Labute approximate surface area is 160 Å². The Morgan fingerprint density at radius 1 is 1.21 bits per heavy atom. The zero-order valence-electron chi connectivity index (χ0n) is 15.5. The molecule has 0 aliphatic carbocycles. The molecule has 1 saturated heterocycles. The second-order valence-electron chi connectivity index (χ2n) is 6.72. The van der Waals surface area contributed by atoms with Gasteiger partial charge in [0.25, 0.3) is 18.7 Å². The van der Waals surface area contributed by atoms with E-state index in [1.54, 1.807) is 13.0 Å². The molecule has 2 aliphatic heterocycles. The van der Waals surface area contributed by atoms with Crippen LogP contribution in [-0.2, 0) is 14.4 Å². The van der Waals surface area contributed by atoms with E-state index >= 15 is 0 Å². The highest BCUT2D eigenvalue weighted by atomic mass is 16.5. The lowest BCUT2D eigenvalue weighted by atomic mass is 10.2. The summed E-state index contributed by atoms with van der Waals surface area (Å²) in [5.74, 6) is -1.23. The topological polar surface area (TPSA) is 111 Å². The largest absolute Gasteiger partial charge is 0.502 e. The van der Waals surface area contributed by atoms with Crippen molar-refractivity contribution in [2.24, 2.45) is 5.11 Å². The first-order valence-electron chi connectivity index (χ1n) is 8.82. The molecule has 4 rings (SSSR count). The van der Waals surface area contributed by atoms with Crippen molar-refractivity contribution in [1.29, 1.82) is 0 Å². The monoisotopic (exact) mass is 383 g/mol. The van der Waals surface area contributed by atoms with Crippen molar-refractivity contribution in [1.82, 2.24) is 10.1 Å². The van der Waals surface area contributed by atoms with E-state index in [0.29, 0.717) is 18.8 Å². The second kappa shape index (κ2) is 6.87. The molecule has 28 heavy (non-hydrogen) atoms. The number of anilines is 2. The first-order valence-corrected chi connectivity index (χ1v) is 8.82. The summed E-state index contributed by atoms with van der Waals surface area (Å²) in [6.07, 6.45) is -0.657. The molecule has 1 N–H and O–H groups in total. The number of benzene rings is 1. The van der Waals surface area contributed by atoms with Crippen LogP contribution in [0, 0.1) is 13.8 Å². The van der Waals surface area contributed by atoms with Gasteiger partial charge in [-0.25, -0.2) is 4.79 Å². The van der Waals surface area contributed by atoms with Crippen molar-refractivity contribution in [3.63, 3.8) is 0 Å². The maximum absolute atomic E-state index is 12.5. The average molecular weight is 383 g/mol. The fourth-order valence-corrected chi connectivity index (χ4v) is 3.21. The van der Waals surface area contributed by atoms with E-state index in [2.05, 4.69) is 15.6 Å². The van der Waals surface area contributed by atoms with Crippen LogP contribution in [0.1, 0.15) is 11.3 Å². The number of aromatic nitrogens is 1. The van der Waals surface area contributed by atoms with Crippen LogP contribution in [0.5, 0.6) is 0 Å². The lowest BCUT2D eigenvalue weighted by molar-refractivity contribution is -0.509. The molecule has 1 aromatic heterocycles. The number of fused-ring (bicyclic) bond motifs is 1. The summed E-state index contributed by atoms with van der Waals surface area (Å²) < 4.78 is 5.80. The molecule has 3 heterocycles. The summed E-state index contributed by atoms with van der Waals surface area (Å²) >= 11 is 0. The highest BCUT2D eigenvalue weighted by Crippen LogP contribution is 2.27. The fourth-order valence-electron chi connectivity index (χ4n) is 3.21. The summed E-state index contributed by atoms with van der Waals surface area (Å²) in [5, 5.41) is 10.5. The van der Waals surface area contributed by atoms with E-state index in [-0.39, 0.29) is 12.4 Å². The second-order valence-corrected chi connectivity index (χ2v) is 6.72. The molecule has 1 atom stereocenters. The average Bonchev–Trinajstić information content (AvgIpc) is 3.26. The molecular weight excluding hydrogens is 364 g/mol. The third-order valence-corrected chi connectivity index (χ3v) is 4.61. The quantitative estimate of drug-likeness (QED) is 0.619. The first-order chi connectivity index (χ1) is 13.4. The molecule has 2 aromatic rings. The van der Waals surface area contributed by atoms with Gasteiger partial charge >= 0.3 is 11.8 Å². The van der Waals surface area contributed by atoms with Crippen molar-refractivity contribution in [2.45, 2.75) is 20.1 Å². The highest BCUT2D eigenvalue weighted by Gasteiger charge is 2.49. The van der Waals surface area contributed by atoms with Crippen LogP contribution in [0.4, 0.5) is 11.5 Å². The number of nitrogens with one attached hydrogen (secondary N) is 1. The van der Waals surface area contributed by atoms with Crippen molar-refractivity contribution in [3.05, 3.63) is 41.7 Å². The lowest BCUT2D eigenvalue weighted by Gasteiger charge is -2.27. The van der Waals surface area contributed by atoms with Crippen LogP contribution in [0.25, 0.3) is 0 Å². The van der Waals surface area contributed by atoms with Crippen molar-refractivity contribution < 1.29 is 23.6 Å². The Morgan fingerprint density at radius 3 is 2.61 bits per heavy atom. The number of hydrogen-bond donors (Lipinski definition) is 1. The van der Waals surface area contributed by atoms with Gasteiger partial charge in [-0.3, -0.25) is 14.5 Å². The van der Waals surface area contributed by atoms with Gasteiger partial charge in [-0.2, -0.15) is 0 Å². The van der Waals surface area contributed by atoms with Gasteiger partial charge in [0.15, 0.2) is 5.82 Å². The zero-order valence-corrected chi connectivity index (χ0v) is 15.5. The number of amides is 3. The number of nitrogens with zero attached hydrogens (tertiary/aromatic N) is 5. The van der Waals surface area contributed by atoms with E-state index in [1.165, 1.54) is 4.90 Å². The Morgan fingerprint density at radius 2 is 1.93 bits per heavy atom. The molecule has 0 bridgehead atoms. The summed E-state index contributed by atoms with van der Waals surface area (Å²) in [7, 11) is 0. The Balaban J connectivity index is 1.55. The molecular formula is C18H19N6O4+. The van der Waals surface area contributed by atoms with Gasteiger partial charge in [-0.1, -0.05) is 22.9 Å². The van der Waals surface area contributed by atoms with Crippen molar-refractivity contribution in [2.75, 3.05) is 29.9 Å². The summed E-state index contributed by atoms with van der Waals surface area (Å²) in [4.78, 5) is 40.4. The molecule has 1 unspecified atom stereocenters. The maximum Gasteiger partial charge on any atom is 0.502 e. The number of carbonyl (C=O) groups is 3. The number of aryl methyl sites for hydroxylation is 2. The highest BCUT2D eigenvalue weighted by molar-refractivity contribution is 6.32. The Hall–Kier alpha value is -3.56. The van der Waals surface area contributed by atoms with Crippen LogP contribution in [0.15, 0.2) is 40.0 Å². The van der Waals surface area contributed by atoms with Gasteiger partial charge in [0.05, 0.1) is 0 Å². The molecule has 144 valence electrons. The number of carbonyl (C=O) groups excluding carboxylic acids is 3. The van der Waals surface area contributed by atoms with Gasteiger partial charge in [0.1, 0.15) is 5.76 Å². The van der Waals surface area contributed by atoms with Crippen molar-refractivity contribution in [3.8, 4) is 0 Å². The van der Waals surface area contributed by atoms with Gasteiger partial charge < -0.3 is 14.7 Å². The molecule has 0 spiro atoms. The molecule has 10 nitrogen and oxygen atoms in total. The number of azo groups is 2. The molecule has 10 heteroatoms. The summed E-state index contributed by atoms with van der Waals surface area (Å²) in [6.45, 7) is 4.24. The van der Waals surface area contributed by atoms with E-state index in [0.717, 1.165) is 15.9 Å². The smallest absolute Gasteiger partial charge is 0.360 e. The normalized spacial score (nSPS) is 18.9. The zero-order chi connectivity index (χ0) is 19.8. The summed E-state index contributed by atoms with van der Waals surface area (Å²) in [5.41, 5.74) is 2.01. The van der Waals surface area contributed by atoms with Crippen LogP contribution in [-0.4, -0.2) is 58.4 Å². The Bertz CT molecular complexity index is 980. The van der Waals surface area contributed by atoms with E-state index in [1.807, 2.05) is 36.1 Å². The fraction of sp³-hybridized carbons (Fsp3) is 0.333. The van der Waals surface area contributed by atoms with E-state index in [4.69, 9.17) is 4.52 Å². The minimum absolute atomic E-state index is 0.238. The molecule has 0 saturated carbocycles. The number of hydrogen-bond acceptors (Lipinski definition) is 7. The van der Waals surface area contributed by atoms with Crippen LogP contribution < -0.4 is 10.2 Å². The third kappa shape index (κ3) is 3.24.